The third-order valence-corrected chi connectivity index (χ3v) is 4.59. The van der Waals surface area contributed by atoms with Gasteiger partial charge in [0, 0.05) is 13.6 Å². The molecule has 1 unspecified atom stereocenters. The van der Waals surface area contributed by atoms with Gasteiger partial charge in [0.2, 0.25) is 0 Å². The monoisotopic (exact) mass is 329 g/mol. The Morgan fingerprint density at radius 2 is 2.37 bits per heavy atom. The molecule has 0 saturated carbocycles. The van der Waals surface area contributed by atoms with Crippen LogP contribution in [0.25, 0.3) is 0 Å². The first kappa shape index (κ1) is 14.3. The van der Waals surface area contributed by atoms with Crippen LogP contribution in [0.2, 0.25) is 0 Å². The lowest BCUT2D eigenvalue weighted by molar-refractivity contribution is 0.269. The number of rotatable bonds is 4. The Hall–Kier alpha value is -1.08. The maximum Gasteiger partial charge on any atom is 0.156 e. The highest BCUT2D eigenvalue weighted by Crippen LogP contribution is 2.26. The lowest BCUT2D eigenvalue weighted by Crippen LogP contribution is -2.40. The first-order valence-electron chi connectivity index (χ1n) is 6.50. The van der Waals surface area contributed by atoms with Crippen molar-refractivity contribution < 1.29 is 5.21 Å². The number of hydrogen-bond acceptors (Lipinski definition) is 4. The molecule has 0 aliphatic carbocycles. The average molecular weight is 330 g/mol. The van der Waals surface area contributed by atoms with E-state index in [1.165, 1.54) is 0 Å². The Bertz CT molecular complexity index is 485. The van der Waals surface area contributed by atoms with Crippen LogP contribution in [0.15, 0.2) is 9.63 Å². The molecule has 2 rings (SSSR count). The fourth-order valence-corrected chi connectivity index (χ4v) is 3.34. The highest BCUT2D eigenvalue weighted by atomic mass is 79.9. The van der Waals surface area contributed by atoms with Crippen LogP contribution in [0.3, 0.4) is 0 Å². The van der Waals surface area contributed by atoms with E-state index in [1.807, 2.05) is 11.7 Å². The molecule has 6 nitrogen and oxygen atoms in total. The summed E-state index contributed by atoms with van der Waals surface area (Å²) in [6, 6.07) is 0.0249. The van der Waals surface area contributed by atoms with Crippen molar-refractivity contribution in [2.75, 3.05) is 6.54 Å². The van der Waals surface area contributed by atoms with E-state index >= 15 is 0 Å². The van der Waals surface area contributed by atoms with Gasteiger partial charge < -0.3 is 10.9 Å². The summed E-state index contributed by atoms with van der Waals surface area (Å²) in [5.74, 6) is 0.298. The molecule has 1 aliphatic rings. The lowest BCUT2D eigenvalue weighted by atomic mass is 10.2. The zero-order chi connectivity index (χ0) is 14.0. The number of hydrogen-bond donors (Lipinski definition) is 2. The molecule has 1 aromatic heterocycles. The summed E-state index contributed by atoms with van der Waals surface area (Å²) < 4.78 is 2.98. The zero-order valence-electron chi connectivity index (χ0n) is 11.3. The van der Waals surface area contributed by atoms with E-state index < -0.39 is 0 Å². The fourth-order valence-electron chi connectivity index (χ4n) is 2.60. The largest absolute Gasteiger partial charge is 0.409 e. The van der Waals surface area contributed by atoms with E-state index in [0.29, 0.717) is 5.84 Å². The molecule has 19 heavy (non-hydrogen) atoms. The van der Waals surface area contributed by atoms with Crippen LogP contribution in [-0.2, 0) is 20.0 Å². The van der Waals surface area contributed by atoms with E-state index in [-0.39, 0.29) is 6.04 Å². The van der Waals surface area contributed by atoms with Gasteiger partial charge in [0.25, 0.3) is 0 Å². The van der Waals surface area contributed by atoms with Gasteiger partial charge in [0.1, 0.15) is 0 Å². The van der Waals surface area contributed by atoms with E-state index in [0.717, 1.165) is 48.2 Å². The van der Waals surface area contributed by atoms with Crippen LogP contribution in [-0.4, -0.2) is 38.3 Å². The van der Waals surface area contributed by atoms with Crippen molar-refractivity contribution in [3.63, 3.8) is 0 Å². The van der Waals surface area contributed by atoms with Crippen LogP contribution >= 0.6 is 15.9 Å². The smallest absolute Gasteiger partial charge is 0.156 e. The van der Waals surface area contributed by atoms with E-state index in [2.05, 4.69) is 38.0 Å². The number of nitrogens with zero attached hydrogens (tertiary/aromatic N) is 4. The maximum atomic E-state index is 8.84. The Kier molecular flexibility index (Phi) is 4.46. The zero-order valence-corrected chi connectivity index (χ0v) is 12.9. The van der Waals surface area contributed by atoms with Crippen molar-refractivity contribution in [3.05, 3.63) is 15.9 Å². The lowest BCUT2D eigenvalue weighted by Gasteiger charge is -2.23. The average Bonchev–Trinajstić information content (AvgIpc) is 2.97. The van der Waals surface area contributed by atoms with Gasteiger partial charge in [-0.05, 0) is 41.7 Å². The second-order valence-corrected chi connectivity index (χ2v) is 5.63. The molecular formula is C12H20BrN5O. The number of oxime groups is 1. The summed E-state index contributed by atoms with van der Waals surface area (Å²) in [5.41, 5.74) is 7.95. The minimum atomic E-state index is 0.0249. The van der Waals surface area contributed by atoms with Crippen LogP contribution in [0.4, 0.5) is 0 Å². The standard InChI is InChI=1S/C12H20BrN5O/c1-3-8-11(13)10(17(2)15-8)7-18-6-4-5-9(18)12(14)16-19/h9,19H,3-7H2,1-2H3,(H2,14,16). The van der Waals surface area contributed by atoms with Crippen molar-refractivity contribution in [3.8, 4) is 0 Å². The van der Waals surface area contributed by atoms with Gasteiger partial charge in [-0.15, -0.1) is 0 Å². The molecule has 0 spiro atoms. The molecule has 0 bridgehead atoms. The van der Waals surface area contributed by atoms with Crippen molar-refractivity contribution >= 4 is 21.8 Å². The Morgan fingerprint density at radius 3 is 2.95 bits per heavy atom. The molecule has 3 N–H and O–H groups in total. The van der Waals surface area contributed by atoms with Gasteiger partial charge >= 0.3 is 0 Å². The second-order valence-electron chi connectivity index (χ2n) is 4.84. The minimum absolute atomic E-state index is 0.0249. The summed E-state index contributed by atoms with van der Waals surface area (Å²) in [5, 5.41) is 16.5. The molecule has 7 heteroatoms. The Labute approximate surface area is 121 Å². The van der Waals surface area contributed by atoms with Crippen molar-refractivity contribution in [2.45, 2.75) is 38.8 Å². The summed E-state index contributed by atoms with van der Waals surface area (Å²) >= 11 is 3.62. The molecular weight excluding hydrogens is 310 g/mol. The molecule has 0 radical (unpaired) electrons. The summed E-state index contributed by atoms with van der Waals surface area (Å²) in [6.07, 6.45) is 2.90. The molecule has 1 fully saturated rings. The first-order valence-corrected chi connectivity index (χ1v) is 7.29. The van der Waals surface area contributed by atoms with Crippen molar-refractivity contribution in [1.29, 1.82) is 0 Å². The number of halogens is 1. The number of nitrogens with two attached hydrogens (primary N) is 1. The Morgan fingerprint density at radius 1 is 1.63 bits per heavy atom. The molecule has 1 saturated heterocycles. The van der Waals surface area contributed by atoms with E-state index in [1.54, 1.807) is 0 Å². The first-order chi connectivity index (χ1) is 9.08. The van der Waals surface area contributed by atoms with Gasteiger partial charge in [-0.25, -0.2) is 0 Å². The Balaban J connectivity index is 2.19. The van der Waals surface area contributed by atoms with Gasteiger partial charge in [-0.2, -0.15) is 5.10 Å². The molecule has 0 aromatic carbocycles. The van der Waals surface area contributed by atoms with Gasteiger partial charge in [0.15, 0.2) is 5.84 Å². The predicted molar refractivity (Wildman–Crippen MR) is 77.1 cm³/mol. The third kappa shape index (κ3) is 2.76. The van der Waals surface area contributed by atoms with Crippen molar-refractivity contribution in [2.24, 2.45) is 17.9 Å². The minimum Gasteiger partial charge on any atom is -0.409 e. The molecule has 0 amide bonds. The summed E-state index contributed by atoms with van der Waals surface area (Å²) in [7, 11) is 1.95. The number of aryl methyl sites for hydroxylation is 2. The van der Waals surface area contributed by atoms with Crippen LogP contribution in [0, 0.1) is 0 Å². The predicted octanol–water partition coefficient (Wildman–Crippen LogP) is 1.46. The van der Waals surface area contributed by atoms with Crippen molar-refractivity contribution in [1.82, 2.24) is 14.7 Å². The fraction of sp³-hybridized carbons (Fsp3) is 0.667. The molecule has 1 aliphatic heterocycles. The van der Waals surface area contributed by atoms with Gasteiger partial charge in [0.05, 0.1) is 21.9 Å². The third-order valence-electron chi connectivity index (χ3n) is 3.68. The molecule has 1 atom stereocenters. The number of likely N-dealkylation sites (tertiary alicyclic amines) is 1. The SMILES string of the molecule is CCc1nn(C)c(CN2CCCC2C(N)=NO)c1Br. The highest BCUT2D eigenvalue weighted by Gasteiger charge is 2.29. The highest BCUT2D eigenvalue weighted by molar-refractivity contribution is 9.10. The van der Waals surface area contributed by atoms with Gasteiger partial charge in [-0.1, -0.05) is 12.1 Å². The molecule has 106 valence electrons. The number of aromatic nitrogens is 2. The van der Waals surface area contributed by atoms with E-state index in [9.17, 15) is 0 Å². The molecule has 2 heterocycles. The molecule has 1 aromatic rings. The quantitative estimate of drug-likeness (QED) is 0.379. The van der Waals surface area contributed by atoms with E-state index in [4.69, 9.17) is 10.9 Å². The summed E-state index contributed by atoms with van der Waals surface area (Å²) in [6.45, 7) is 3.80. The van der Waals surface area contributed by atoms with Crippen LogP contribution in [0.5, 0.6) is 0 Å². The topological polar surface area (TPSA) is 79.7 Å². The second kappa shape index (κ2) is 5.92. The van der Waals surface area contributed by atoms with Crippen LogP contribution in [0.1, 0.15) is 31.2 Å². The normalized spacial score (nSPS) is 21.2. The maximum absolute atomic E-state index is 8.84. The summed E-state index contributed by atoms with van der Waals surface area (Å²) in [4.78, 5) is 2.23. The number of amidine groups is 1. The van der Waals surface area contributed by atoms with Gasteiger partial charge in [-0.3, -0.25) is 9.58 Å². The van der Waals surface area contributed by atoms with Crippen LogP contribution < -0.4 is 5.73 Å².